The molecule has 0 unspecified atom stereocenters. The van der Waals surface area contributed by atoms with Crippen molar-refractivity contribution in [3.63, 3.8) is 0 Å². The summed E-state index contributed by atoms with van der Waals surface area (Å²) in [6.07, 6.45) is 0. The molecule has 0 aromatic heterocycles. The van der Waals surface area contributed by atoms with Gasteiger partial charge in [0, 0.05) is 11.3 Å². The van der Waals surface area contributed by atoms with Crippen molar-refractivity contribution < 1.29 is 5.11 Å². The molecule has 0 spiro atoms. The van der Waals surface area contributed by atoms with Crippen LogP contribution in [0.15, 0.2) is 18.2 Å². The summed E-state index contributed by atoms with van der Waals surface area (Å²) < 4.78 is 0. The molecular weight excluding hydrogens is 180 g/mol. The lowest BCUT2D eigenvalue weighted by molar-refractivity contribution is 0.470. The number of aromatic hydroxyl groups is 1. The highest BCUT2D eigenvalue weighted by molar-refractivity contribution is 7.99. The van der Waals surface area contributed by atoms with Gasteiger partial charge in [-0.15, -0.1) is 0 Å². The fourth-order valence-corrected chi connectivity index (χ4v) is 1.83. The number of thioether (sulfide) groups is 1. The highest BCUT2D eigenvalue weighted by atomic mass is 32.2. The second kappa shape index (κ2) is 4.56. The number of hydrogen-bond donors (Lipinski definition) is 1. The highest BCUT2D eigenvalue weighted by Gasteiger charge is 2.02. The third kappa shape index (κ3) is 3.31. The summed E-state index contributed by atoms with van der Waals surface area (Å²) in [6, 6.07) is 5.75. The highest BCUT2D eigenvalue weighted by Crippen LogP contribution is 2.25. The average Bonchev–Trinajstić information content (AvgIpc) is 2.06. The van der Waals surface area contributed by atoms with Crippen LogP contribution in [0.2, 0.25) is 0 Å². The Balaban J connectivity index is 2.70. The number of rotatable bonds is 3. The van der Waals surface area contributed by atoms with Crippen LogP contribution in [0.5, 0.6) is 5.75 Å². The molecule has 0 saturated heterocycles. The lowest BCUT2D eigenvalue weighted by atomic mass is 10.1. The molecule has 1 aromatic rings. The molecule has 0 fully saturated rings. The van der Waals surface area contributed by atoms with Crippen LogP contribution in [0.3, 0.4) is 0 Å². The van der Waals surface area contributed by atoms with Crippen molar-refractivity contribution >= 4 is 11.8 Å². The van der Waals surface area contributed by atoms with Crippen LogP contribution >= 0.6 is 11.8 Å². The molecular formula is C11H16OS. The molecule has 0 heterocycles. The van der Waals surface area contributed by atoms with E-state index >= 15 is 0 Å². The molecule has 72 valence electrons. The van der Waals surface area contributed by atoms with Crippen molar-refractivity contribution in [1.29, 1.82) is 0 Å². The smallest absolute Gasteiger partial charge is 0.119 e. The zero-order chi connectivity index (χ0) is 9.84. The Hall–Kier alpha value is -0.630. The molecule has 0 saturated carbocycles. The van der Waals surface area contributed by atoms with Gasteiger partial charge in [0.05, 0.1) is 0 Å². The minimum Gasteiger partial charge on any atom is -0.508 e. The van der Waals surface area contributed by atoms with Crippen molar-refractivity contribution in [2.24, 2.45) is 0 Å². The molecule has 0 radical (unpaired) electrons. The van der Waals surface area contributed by atoms with Gasteiger partial charge in [-0.25, -0.2) is 0 Å². The Morgan fingerprint density at radius 3 is 2.69 bits per heavy atom. The van der Waals surface area contributed by atoms with E-state index in [4.69, 9.17) is 0 Å². The lowest BCUT2D eigenvalue weighted by Crippen LogP contribution is -1.90. The second-order valence-corrected chi connectivity index (χ2v) is 5.06. The van der Waals surface area contributed by atoms with E-state index in [1.165, 1.54) is 5.56 Å². The van der Waals surface area contributed by atoms with Crippen LogP contribution in [0, 0.1) is 6.92 Å². The second-order valence-electron chi connectivity index (χ2n) is 3.49. The third-order valence-electron chi connectivity index (χ3n) is 1.81. The van der Waals surface area contributed by atoms with Crippen molar-refractivity contribution in [3.8, 4) is 5.75 Å². The fourth-order valence-electron chi connectivity index (χ4n) is 1.09. The first kappa shape index (κ1) is 10.5. The van der Waals surface area contributed by atoms with Crippen LogP contribution in [-0.4, -0.2) is 10.4 Å². The summed E-state index contributed by atoms with van der Waals surface area (Å²) in [5.74, 6) is 1.31. The number of phenolic OH excluding ortho intramolecular Hbond substituents is 1. The van der Waals surface area contributed by atoms with Crippen LogP contribution < -0.4 is 0 Å². The molecule has 1 aromatic carbocycles. The maximum atomic E-state index is 9.53. The van der Waals surface area contributed by atoms with E-state index in [2.05, 4.69) is 13.8 Å². The van der Waals surface area contributed by atoms with Crippen molar-refractivity contribution in [2.45, 2.75) is 31.8 Å². The molecule has 0 amide bonds. The van der Waals surface area contributed by atoms with E-state index in [0.717, 1.165) is 11.3 Å². The minimum atomic E-state index is 0.416. The Morgan fingerprint density at radius 2 is 2.08 bits per heavy atom. The predicted octanol–water partition coefficient (Wildman–Crippen LogP) is 3.34. The van der Waals surface area contributed by atoms with E-state index < -0.39 is 0 Å². The SMILES string of the molecule is Cc1ccc(O)c(CSC(C)C)c1. The molecule has 0 atom stereocenters. The molecule has 1 N–H and O–H groups in total. The summed E-state index contributed by atoms with van der Waals surface area (Å²) >= 11 is 1.85. The van der Waals surface area contributed by atoms with Gasteiger partial charge in [0.2, 0.25) is 0 Å². The maximum absolute atomic E-state index is 9.53. The summed E-state index contributed by atoms with van der Waals surface area (Å²) in [5.41, 5.74) is 2.25. The van der Waals surface area contributed by atoms with Crippen LogP contribution in [-0.2, 0) is 5.75 Å². The summed E-state index contributed by atoms with van der Waals surface area (Å²) in [5, 5.41) is 10.1. The molecule has 2 heteroatoms. The zero-order valence-electron chi connectivity index (χ0n) is 8.37. The number of phenols is 1. The molecule has 13 heavy (non-hydrogen) atoms. The monoisotopic (exact) mass is 196 g/mol. The van der Waals surface area contributed by atoms with Gasteiger partial charge in [0.15, 0.2) is 0 Å². The van der Waals surface area contributed by atoms with Gasteiger partial charge < -0.3 is 5.11 Å². The summed E-state index contributed by atoms with van der Waals surface area (Å²) in [4.78, 5) is 0. The molecule has 0 aliphatic rings. The third-order valence-corrected chi connectivity index (χ3v) is 2.95. The summed E-state index contributed by atoms with van der Waals surface area (Å²) in [7, 11) is 0. The van der Waals surface area contributed by atoms with E-state index in [-0.39, 0.29) is 0 Å². The maximum Gasteiger partial charge on any atom is 0.119 e. The van der Waals surface area contributed by atoms with Gasteiger partial charge in [-0.3, -0.25) is 0 Å². The van der Waals surface area contributed by atoms with E-state index in [1.807, 2.05) is 30.8 Å². The van der Waals surface area contributed by atoms with Crippen LogP contribution in [0.1, 0.15) is 25.0 Å². The summed E-state index contributed by atoms with van der Waals surface area (Å²) in [6.45, 7) is 6.37. The van der Waals surface area contributed by atoms with Gasteiger partial charge in [-0.2, -0.15) is 11.8 Å². The molecule has 0 aliphatic carbocycles. The topological polar surface area (TPSA) is 20.2 Å². The van der Waals surface area contributed by atoms with E-state index in [9.17, 15) is 5.11 Å². The zero-order valence-corrected chi connectivity index (χ0v) is 9.19. The Labute approximate surface area is 84.2 Å². The number of hydrogen-bond acceptors (Lipinski definition) is 2. The number of benzene rings is 1. The normalized spacial score (nSPS) is 10.8. The standard InChI is InChI=1S/C11H16OS/c1-8(2)13-7-10-6-9(3)4-5-11(10)12/h4-6,8,12H,7H2,1-3H3. The van der Waals surface area contributed by atoms with E-state index in [1.54, 1.807) is 6.07 Å². The van der Waals surface area contributed by atoms with Crippen molar-refractivity contribution in [3.05, 3.63) is 29.3 Å². The molecule has 1 rings (SSSR count). The number of aryl methyl sites for hydroxylation is 1. The van der Waals surface area contributed by atoms with Crippen molar-refractivity contribution in [2.75, 3.05) is 0 Å². The molecule has 0 aliphatic heterocycles. The van der Waals surface area contributed by atoms with Crippen LogP contribution in [0.4, 0.5) is 0 Å². The Kier molecular flexibility index (Phi) is 3.67. The van der Waals surface area contributed by atoms with Gasteiger partial charge in [-0.05, 0) is 18.2 Å². The van der Waals surface area contributed by atoms with Gasteiger partial charge in [0.25, 0.3) is 0 Å². The fraction of sp³-hybridized carbons (Fsp3) is 0.455. The first-order valence-corrected chi connectivity index (χ1v) is 5.54. The quantitative estimate of drug-likeness (QED) is 0.800. The van der Waals surface area contributed by atoms with Gasteiger partial charge >= 0.3 is 0 Å². The van der Waals surface area contributed by atoms with E-state index in [0.29, 0.717) is 11.0 Å². The largest absolute Gasteiger partial charge is 0.508 e. The molecule has 0 bridgehead atoms. The van der Waals surface area contributed by atoms with Crippen molar-refractivity contribution in [1.82, 2.24) is 0 Å². The predicted molar refractivity (Wildman–Crippen MR) is 59.3 cm³/mol. The Bertz CT molecular complexity index is 281. The average molecular weight is 196 g/mol. The van der Waals surface area contributed by atoms with Gasteiger partial charge in [0.1, 0.15) is 5.75 Å². The first-order valence-electron chi connectivity index (χ1n) is 4.49. The first-order chi connectivity index (χ1) is 6.09. The van der Waals surface area contributed by atoms with Gasteiger partial charge in [-0.1, -0.05) is 31.5 Å². The van der Waals surface area contributed by atoms with Crippen LogP contribution in [0.25, 0.3) is 0 Å². The Morgan fingerprint density at radius 1 is 1.38 bits per heavy atom. The minimum absolute atomic E-state index is 0.416. The lowest BCUT2D eigenvalue weighted by Gasteiger charge is -2.07. The molecule has 1 nitrogen and oxygen atoms in total.